The molecule has 3 N–H and O–H groups in total. The summed E-state index contributed by atoms with van der Waals surface area (Å²) in [6.07, 6.45) is 4.26. The van der Waals surface area contributed by atoms with E-state index in [1.165, 1.54) is 12.2 Å². The SMILES string of the molecule is [NH3+][C]1C=C=CC(F)=C1. The summed E-state index contributed by atoms with van der Waals surface area (Å²) in [6, 6.07) is 0.657. The maximum atomic E-state index is 12.1. The first-order valence-corrected chi connectivity index (χ1v) is 2.27. The summed E-state index contributed by atoms with van der Waals surface area (Å²) >= 11 is 0. The lowest BCUT2D eigenvalue weighted by Gasteiger charge is -1.92. The summed E-state index contributed by atoms with van der Waals surface area (Å²) in [7, 11) is 0. The molecule has 0 bridgehead atoms. The van der Waals surface area contributed by atoms with E-state index in [9.17, 15) is 4.39 Å². The van der Waals surface area contributed by atoms with Gasteiger partial charge >= 0.3 is 0 Å². The van der Waals surface area contributed by atoms with E-state index in [2.05, 4.69) is 11.5 Å². The van der Waals surface area contributed by atoms with Crippen LogP contribution in [0.5, 0.6) is 0 Å². The Bertz CT molecular complexity index is 175. The molecule has 2 heteroatoms. The summed E-state index contributed by atoms with van der Waals surface area (Å²) in [5.41, 5.74) is 6.10. The number of hydrogen-bond acceptors (Lipinski definition) is 0. The summed E-state index contributed by atoms with van der Waals surface area (Å²) in [5.74, 6) is -0.280. The third-order valence-electron chi connectivity index (χ3n) is 0.813. The molecule has 0 fully saturated rings. The van der Waals surface area contributed by atoms with Crippen LogP contribution in [-0.4, -0.2) is 0 Å². The Labute approximate surface area is 47.0 Å². The lowest BCUT2D eigenvalue weighted by Crippen LogP contribution is -2.52. The molecule has 0 unspecified atom stereocenters. The lowest BCUT2D eigenvalue weighted by atomic mass is 10.2. The molecular weight excluding hydrogens is 105 g/mol. The van der Waals surface area contributed by atoms with Gasteiger partial charge in [0.2, 0.25) is 6.04 Å². The number of hydrogen-bond donors (Lipinski definition) is 1. The van der Waals surface area contributed by atoms with E-state index in [1.54, 1.807) is 6.08 Å². The zero-order valence-electron chi connectivity index (χ0n) is 4.32. The molecule has 0 aromatic carbocycles. The van der Waals surface area contributed by atoms with Gasteiger partial charge in [-0.15, -0.1) is 5.73 Å². The van der Waals surface area contributed by atoms with Crippen LogP contribution >= 0.6 is 0 Å². The van der Waals surface area contributed by atoms with Crippen LogP contribution in [0.2, 0.25) is 0 Å². The molecule has 41 valence electrons. The highest BCUT2D eigenvalue weighted by atomic mass is 19.1. The van der Waals surface area contributed by atoms with Crippen molar-refractivity contribution in [2.45, 2.75) is 0 Å². The van der Waals surface area contributed by atoms with Gasteiger partial charge in [0.25, 0.3) is 0 Å². The van der Waals surface area contributed by atoms with Crippen LogP contribution in [0.3, 0.4) is 0 Å². The normalized spacial score (nSPS) is 19.0. The van der Waals surface area contributed by atoms with Crippen molar-refractivity contribution in [3.8, 4) is 0 Å². The van der Waals surface area contributed by atoms with Gasteiger partial charge in [0.05, 0.1) is 0 Å². The molecule has 1 aliphatic rings. The number of halogens is 1. The Morgan fingerprint density at radius 2 is 2.25 bits per heavy atom. The Morgan fingerprint density at radius 1 is 1.50 bits per heavy atom. The summed E-state index contributed by atoms with van der Waals surface area (Å²) in [4.78, 5) is 0. The first-order valence-electron chi connectivity index (χ1n) is 2.27. The molecule has 8 heavy (non-hydrogen) atoms. The summed E-state index contributed by atoms with van der Waals surface area (Å²) in [6.45, 7) is 0. The highest BCUT2D eigenvalue weighted by molar-refractivity contribution is 5.27. The molecule has 0 spiro atoms. The predicted molar refractivity (Wildman–Crippen MR) is 28.0 cm³/mol. The van der Waals surface area contributed by atoms with Crippen molar-refractivity contribution in [2.24, 2.45) is 0 Å². The van der Waals surface area contributed by atoms with Gasteiger partial charge in [0.15, 0.2) is 0 Å². The lowest BCUT2D eigenvalue weighted by molar-refractivity contribution is -0.330. The van der Waals surface area contributed by atoms with Crippen LogP contribution in [0.4, 0.5) is 4.39 Å². The van der Waals surface area contributed by atoms with E-state index in [0.717, 1.165) is 0 Å². The fraction of sp³-hybridized carbons (Fsp3) is 0. The van der Waals surface area contributed by atoms with Gasteiger partial charge in [-0.3, -0.25) is 0 Å². The van der Waals surface area contributed by atoms with E-state index in [0.29, 0.717) is 6.04 Å². The average Bonchev–Trinajstić information content (AvgIpc) is 1.64. The minimum atomic E-state index is -0.280. The first-order chi connectivity index (χ1) is 3.79. The van der Waals surface area contributed by atoms with Crippen molar-refractivity contribution in [2.75, 3.05) is 0 Å². The first kappa shape index (κ1) is 5.29. The van der Waals surface area contributed by atoms with Gasteiger partial charge in [-0.25, -0.2) is 4.39 Å². The van der Waals surface area contributed by atoms with E-state index in [4.69, 9.17) is 0 Å². The monoisotopic (exact) mass is 111 g/mol. The van der Waals surface area contributed by atoms with Crippen LogP contribution in [0.15, 0.2) is 29.8 Å². The molecule has 0 aromatic rings. The summed E-state index contributed by atoms with van der Waals surface area (Å²) < 4.78 is 12.1. The van der Waals surface area contributed by atoms with Gasteiger partial charge in [0.1, 0.15) is 5.83 Å². The molecule has 0 heterocycles. The highest BCUT2D eigenvalue weighted by Crippen LogP contribution is 2.06. The van der Waals surface area contributed by atoms with E-state index < -0.39 is 0 Å². The van der Waals surface area contributed by atoms with Crippen molar-refractivity contribution in [3.05, 3.63) is 35.8 Å². The molecule has 1 aliphatic carbocycles. The molecule has 1 rings (SSSR count). The molecule has 0 atom stereocenters. The van der Waals surface area contributed by atoms with Crippen molar-refractivity contribution in [3.63, 3.8) is 0 Å². The second-order valence-corrected chi connectivity index (χ2v) is 1.56. The fourth-order valence-electron chi connectivity index (χ4n) is 0.489. The quantitative estimate of drug-likeness (QED) is 0.436. The van der Waals surface area contributed by atoms with Gasteiger partial charge in [0, 0.05) is 18.2 Å². The minimum Gasteiger partial charge on any atom is -0.340 e. The minimum absolute atomic E-state index is 0.280. The van der Waals surface area contributed by atoms with Gasteiger partial charge in [-0.1, -0.05) is 0 Å². The third kappa shape index (κ3) is 1.06. The molecule has 1 nitrogen and oxygen atoms in total. The van der Waals surface area contributed by atoms with Crippen LogP contribution in [-0.2, 0) is 0 Å². The fourth-order valence-corrected chi connectivity index (χ4v) is 0.489. The molecule has 1 radical (unpaired) electrons. The predicted octanol–water partition coefficient (Wildman–Crippen LogP) is 0.339. The van der Waals surface area contributed by atoms with Crippen LogP contribution in [0.1, 0.15) is 0 Å². The second kappa shape index (κ2) is 1.95. The summed E-state index contributed by atoms with van der Waals surface area (Å²) in [5, 5.41) is 0. The van der Waals surface area contributed by atoms with Crippen molar-refractivity contribution >= 4 is 0 Å². The van der Waals surface area contributed by atoms with Gasteiger partial charge < -0.3 is 5.73 Å². The second-order valence-electron chi connectivity index (χ2n) is 1.56. The average molecular weight is 111 g/mol. The Morgan fingerprint density at radius 3 is 2.62 bits per heavy atom. The molecule has 0 aromatic heterocycles. The van der Waals surface area contributed by atoms with E-state index >= 15 is 0 Å². The Balaban J connectivity index is 2.86. The highest BCUT2D eigenvalue weighted by Gasteiger charge is 2.02. The maximum absolute atomic E-state index is 12.1. The van der Waals surface area contributed by atoms with Crippen molar-refractivity contribution in [1.29, 1.82) is 0 Å². The van der Waals surface area contributed by atoms with Gasteiger partial charge in [-0.2, -0.15) is 0 Å². The maximum Gasteiger partial charge on any atom is 0.206 e. The van der Waals surface area contributed by atoms with Crippen LogP contribution < -0.4 is 5.73 Å². The Kier molecular flexibility index (Phi) is 1.29. The van der Waals surface area contributed by atoms with Crippen molar-refractivity contribution < 1.29 is 10.1 Å². The molecule has 0 aliphatic heterocycles. The zero-order chi connectivity index (χ0) is 5.98. The standard InChI is InChI=1S/C6H6FN/c7-5-2-1-3-6(8)4-5/h2-4H,8H3/q+1. The number of allylic oxidation sites excluding steroid dienone is 1. The smallest absolute Gasteiger partial charge is 0.206 e. The topological polar surface area (TPSA) is 27.6 Å². The van der Waals surface area contributed by atoms with E-state index in [-0.39, 0.29) is 5.83 Å². The molecule has 0 amide bonds. The number of quaternary nitrogens is 1. The van der Waals surface area contributed by atoms with Crippen LogP contribution in [0.25, 0.3) is 0 Å². The zero-order valence-corrected chi connectivity index (χ0v) is 4.32. The Hall–Kier alpha value is -0.850. The van der Waals surface area contributed by atoms with E-state index in [1.807, 2.05) is 0 Å². The largest absolute Gasteiger partial charge is 0.340 e. The molecule has 0 saturated carbocycles. The molecular formula is C6H6FN+. The van der Waals surface area contributed by atoms with Gasteiger partial charge in [-0.05, 0) is 0 Å². The van der Waals surface area contributed by atoms with Crippen molar-refractivity contribution in [1.82, 2.24) is 0 Å². The molecule has 0 saturated heterocycles. The number of rotatable bonds is 0. The van der Waals surface area contributed by atoms with Crippen LogP contribution in [0, 0.1) is 6.04 Å². The third-order valence-corrected chi connectivity index (χ3v) is 0.813.